The highest BCUT2D eigenvalue weighted by atomic mass is 32.2. The number of H-pyrrole nitrogens is 1. The first-order valence-electron chi connectivity index (χ1n) is 6.03. The van der Waals surface area contributed by atoms with Crippen LogP contribution in [0.25, 0.3) is 11.0 Å². The van der Waals surface area contributed by atoms with Crippen LogP contribution in [0.3, 0.4) is 0 Å². The second kappa shape index (κ2) is 5.82. The van der Waals surface area contributed by atoms with Crippen LogP contribution in [0.4, 0.5) is 12.9 Å². The van der Waals surface area contributed by atoms with Gasteiger partial charge in [-0.2, -0.15) is 0 Å². The van der Waals surface area contributed by atoms with Crippen LogP contribution in [0.2, 0.25) is 0 Å². The van der Waals surface area contributed by atoms with E-state index in [9.17, 15) is 12.9 Å². The van der Waals surface area contributed by atoms with E-state index in [1.807, 2.05) is 6.92 Å². The van der Waals surface area contributed by atoms with E-state index in [4.69, 9.17) is 4.74 Å². The van der Waals surface area contributed by atoms with Crippen molar-refractivity contribution in [3.8, 4) is 5.75 Å². The third-order valence-corrected chi connectivity index (χ3v) is 3.58. The maximum absolute atomic E-state index is 12.4. The number of imidazole rings is 1. The molecule has 1 aromatic carbocycles. The highest BCUT2D eigenvalue weighted by Crippen LogP contribution is 2.27. The number of fused-ring (bicyclic) bond motifs is 1. The predicted octanol–water partition coefficient (Wildman–Crippen LogP) is 4.00. The number of aromatic amines is 1. The van der Waals surface area contributed by atoms with E-state index >= 15 is 0 Å². The van der Waals surface area contributed by atoms with Crippen molar-refractivity contribution in [2.75, 3.05) is 12.4 Å². The molecule has 0 saturated heterocycles. The molecule has 0 aliphatic rings. The van der Waals surface area contributed by atoms with E-state index in [2.05, 4.69) is 16.5 Å². The van der Waals surface area contributed by atoms with Gasteiger partial charge in [0.2, 0.25) is 0 Å². The van der Waals surface area contributed by atoms with Crippen molar-refractivity contribution in [3.63, 3.8) is 0 Å². The molecule has 20 heavy (non-hydrogen) atoms. The van der Waals surface area contributed by atoms with Gasteiger partial charge in [-0.25, -0.2) is 4.98 Å². The molecule has 108 valence electrons. The van der Waals surface area contributed by atoms with Gasteiger partial charge in [-0.15, -0.1) is 12.1 Å². The van der Waals surface area contributed by atoms with E-state index in [0.717, 1.165) is 17.3 Å². The molecule has 0 atom stereocenters. The number of halogens is 3. The van der Waals surface area contributed by atoms with Crippen molar-refractivity contribution >= 4 is 29.8 Å². The van der Waals surface area contributed by atoms with Crippen molar-refractivity contribution < 1.29 is 17.7 Å². The van der Waals surface area contributed by atoms with Crippen molar-refractivity contribution in [2.24, 2.45) is 0 Å². The van der Waals surface area contributed by atoms with Gasteiger partial charge in [-0.1, -0.05) is 11.8 Å². The lowest BCUT2D eigenvalue weighted by Gasteiger charge is -2.16. The number of ether oxygens (including phenoxy) is 1. The molecule has 2 rings (SSSR count). The third-order valence-electron chi connectivity index (χ3n) is 2.60. The Bertz CT molecular complexity index is 627. The molecule has 3 nitrogen and oxygen atoms in total. The Hall–Kier alpha value is -1.57. The Balaban J connectivity index is 2.10. The van der Waals surface area contributed by atoms with E-state index in [1.54, 1.807) is 18.2 Å². The Morgan fingerprint density at radius 3 is 2.85 bits per heavy atom. The van der Waals surface area contributed by atoms with Crippen molar-refractivity contribution in [2.45, 2.75) is 12.1 Å². The molecule has 0 spiro atoms. The topological polar surface area (TPSA) is 37.9 Å². The summed E-state index contributed by atoms with van der Waals surface area (Å²) in [5.74, 6) is 0.477. The number of hydrogen-bond acceptors (Lipinski definition) is 3. The van der Waals surface area contributed by atoms with Crippen LogP contribution in [0.15, 0.2) is 35.4 Å². The molecule has 1 aromatic heterocycles. The van der Waals surface area contributed by atoms with Gasteiger partial charge in [0, 0.05) is 6.07 Å². The normalized spacial score (nSPS) is 11.8. The highest BCUT2D eigenvalue weighted by molar-refractivity contribution is 7.99. The second-order valence-corrected chi connectivity index (χ2v) is 5.14. The molecule has 1 heterocycles. The van der Waals surface area contributed by atoms with Crippen LogP contribution < -0.4 is 4.74 Å². The number of benzene rings is 1. The Morgan fingerprint density at radius 2 is 2.20 bits per heavy atom. The second-order valence-electron chi connectivity index (χ2n) is 4.18. The predicted molar refractivity (Wildman–Crippen MR) is 76.2 cm³/mol. The molecule has 0 bridgehead atoms. The highest BCUT2D eigenvalue weighted by Gasteiger charge is 2.26. The molecular formula is C12H13BF3N2OS-. The SMILES string of the molecule is C=C(CSc1nc2ccc(OCC)cc2[nH]1)[B-](F)(F)F. The number of rotatable bonds is 6. The van der Waals surface area contributed by atoms with Crippen molar-refractivity contribution in [1.82, 2.24) is 9.97 Å². The van der Waals surface area contributed by atoms with Gasteiger partial charge >= 0.3 is 6.98 Å². The standard InChI is InChI=1S/C12H13BF3N2OS/c1-3-19-9-4-5-10-11(6-9)18-12(17-10)20-7-8(2)13(14,15)16/h4-6H,2-3,7H2,1H3,(H,17,18)/q-1. The molecule has 0 fully saturated rings. The first-order valence-corrected chi connectivity index (χ1v) is 7.01. The van der Waals surface area contributed by atoms with Gasteiger partial charge in [0.1, 0.15) is 5.75 Å². The van der Waals surface area contributed by atoms with Crippen molar-refractivity contribution in [3.05, 3.63) is 30.3 Å². The monoisotopic (exact) mass is 301 g/mol. The lowest BCUT2D eigenvalue weighted by atomic mass is 9.82. The van der Waals surface area contributed by atoms with Crippen LogP contribution in [-0.2, 0) is 0 Å². The van der Waals surface area contributed by atoms with Gasteiger partial charge in [0.05, 0.1) is 17.6 Å². The fourth-order valence-electron chi connectivity index (χ4n) is 1.55. The summed E-state index contributed by atoms with van der Waals surface area (Å²) in [4.78, 5) is 7.19. The van der Waals surface area contributed by atoms with Gasteiger partial charge < -0.3 is 22.7 Å². The minimum absolute atomic E-state index is 0.221. The third kappa shape index (κ3) is 3.50. The molecule has 0 aliphatic carbocycles. The summed E-state index contributed by atoms with van der Waals surface area (Å²) in [5.41, 5.74) is 0.714. The van der Waals surface area contributed by atoms with Gasteiger partial charge in [-0.05, 0) is 24.8 Å². The van der Waals surface area contributed by atoms with Crippen LogP contribution in [0, 0.1) is 0 Å². The summed E-state index contributed by atoms with van der Waals surface area (Å²) >= 11 is 0.989. The quantitative estimate of drug-likeness (QED) is 0.647. The number of thioether (sulfide) groups is 1. The van der Waals surface area contributed by atoms with Crippen LogP contribution in [0.5, 0.6) is 5.75 Å². The summed E-state index contributed by atoms with van der Waals surface area (Å²) in [6.45, 7) is 0.496. The zero-order chi connectivity index (χ0) is 14.8. The Labute approximate surface area is 118 Å². The summed E-state index contributed by atoms with van der Waals surface area (Å²) in [7, 11) is 0. The molecule has 0 amide bonds. The summed E-state index contributed by atoms with van der Waals surface area (Å²) in [6, 6.07) is 5.32. The largest absolute Gasteiger partial charge is 0.505 e. The molecule has 0 unspecified atom stereocenters. The number of nitrogens with zero attached hydrogens (tertiary/aromatic N) is 1. The summed E-state index contributed by atoms with van der Waals surface area (Å²) in [5, 5.41) is 0.440. The number of hydrogen-bond donors (Lipinski definition) is 1. The summed E-state index contributed by atoms with van der Waals surface area (Å²) in [6.07, 6.45) is 0. The van der Waals surface area contributed by atoms with Crippen LogP contribution in [0.1, 0.15) is 6.92 Å². The number of nitrogens with one attached hydrogen (secondary N) is 1. The minimum atomic E-state index is -4.99. The van der Waals surface area contributed by atoms with Crippen LogP contribution >= 0.6 is 11.8 Å². The van der Waals surface area contributed by atoms with Gasteiger partial charge in [0.25, 0.3) is 0 Å². The average Bonchev–Trinajstić information content (AvgIpc) is 2.77. The number of aromatic nitrogens is 2. The Kier molecular flexibility index (Phi) is 4.32. The van der Waals surface area contributed by atoms with Crippen LogP contribution in [-0.4, -0.2) is 29.3 Å². The molecule has 0 saturated carbocycles. The molecule has 2 aromatic rings. The van der Waals surface area contributed by atoms with E-state index in [1.165, 1.54) is 0 Å². The maximum Gasteiger partial charge on any atom is 0.505 e. The zero-order valence-electron chi connectivity index (χ0n) is 10.8. The van der Waals surface area contributed by atoms with E-state index < -0.39 is 12.4 Å². The minimum Gasteiger partial charge on any atom is -0.494 e. The van der Waals surface area contributed by atoms with Gasteiger partial charge in [0.15, 0.2) is 5.16 Å². The first kappa shape index (κ1) is 14.8. The maximum atomic E-state index is 12.4. The molecule has 0 aliphatic heterocycles. The molecular weight excluding hydrogens is 288 g/mol. The lowest BCUT2D eigenvalue weighted by Crippen LogP contribution is -2.20. The Morgan fingerprint density at radius 1 is 1.45 bits per heavy atom. The lowest BCUT2D eigenvalue weighted by molar-refractivity contribution is 0.340. The van der Waals surface area contributed by atoms with Crippen molar-refractivity contribution in [1.29, 1.82) is 0 Å². The molecule has 8 heteroatoms. The average molecular weight is 301 g/mol. The molecule has 1 N–H and O–H groups in total. The van der Waals surface area contributed by atoms with E-state index in [-0.39, 0.29) is 5.75 Å². The fourth-order valence-corrected chi connectivity index (χ4v) is 2.40. The van der Waals surface area contributed by atoms with E-state index in [0.29, 0.717) is 23.0 Å². The smallest absolute Gasteiger partial charge is 0.494 e. The summed E-state index contributed by atoms with van der Waals surface area (Å²) < 4.78 is 42.5. The molecule has 0 radical (unpaired) electrons. The fraction of sp³-hybridized carbons (Fsp3) is 0.250. The zero-order valence-corrected chi connectivity index (χ0v) is 11.6. The van der Waals surface area contributed by atoms with Gasteiger partial charge in [-0.3, -0.25) is 0 Å². The first-order chi connectivity index (χ1) is 9.40.